The number of hydrogen-bond donors (Lipinski definition) is 1. The average molecular weight is 419 g/mol. The van der Waals surface area contributed by atoms with Crippen LogP contribution in [0.25, 0.3) is 11.3 Å². The van der Waals surface area contributed by atoms with Gasteiger partial charge in [0.1, 0.15) is 13.2 Å². The van der Waals surface area contributed by atoms with Crippen molar-refractivity contribution in [2.24, 2.45) is 0 Å². The van der Waals surface area contributed by atoms with E-state index in [9.17, 15) is 4.39 Å². The minimum atomic E-state index is -0.543. The Morgan fingerprint density at radius 3 is 2.74 bits per heavy atom. The number of halogens is 1. The van der Waals surface area contributed by atoms with E-state index in [0.29, 0.717) is 36.2 Å². The maximum absolute atomic E-state index is 14.6. The van der Waals surface area contributed by atoms with Crippen molar-refractivity contribution in [1.29, 1.82) is 0 Å². The zero-order chi connectivity index (χ0) is 21.2. The average Bonchev–Trinajstić information content (AvgIpc) is 3.35. The molecule has 0 aliphatic carbocycles. The summed E-state index contributed by atoms with van der Waals surface area (Å²) in [5.41, 5.74) is 2.28. The molecule has 0 radical (unpaired) electrons. The fourth-order valence-corrected chi connectivity index (χ4v) is 3.25. The summed E-state index contributed by atoms with van der Waals surface area (Å²) >= 11 is 0. The first kappa shape index (κ1) is 18.9. The molecule has 9 heteroatoms. The number of ether oxygens (including phenoxy) is 2. The van der Waals surface area contributed by atoms with Crippen LogP contribution in [-0.2, 0) is 0 Å². The summed E-state index contributed by atoms with van der Waals surface area (Å²) in [7, 11) is 1.73. The maximum Gasteiger partial charge on any atom is 0.229 e. The number of nitrogens with zero attached hydrogens (tertiary/aromatic N) is 4. The van der Waals surface area contributed by atoms with Gasteiger partial charge in [-0.2, -0.15) is 4.98 Å². The summed E-state index contributed by atoms with van der Waals surface area (Å²) in [6.07, 6.45) is 4.14. The van der Waals surface area contributed by atoms with Crippen molar-refractivity contribution in [2.45, 2.75) is 0 Å². The number of fused-ring (bicyclic) bond motifs is 1. The maximum atomic E-state index is 14.6. The van der Waals surface area contributed by atoms with Crippen LogP contribution in [0, 0.1) is 5.82 Å². The van der Waals surface area contributed by atoms with E-state index in [1.807, 2.05) is 30.3 Å². The highest BCUT2D eigenvalue weighted by Crippen LogP contribution is 2.36. The van der Waals surface area contributed by atoms with E-state index in [4.69, 9.17) is 13.9 Å². The Bertz CT molecular complexity index is 1220. The predicted molar refractivity (Wildman–Crippen MR) is 113 cm³/mol. The van der Waals surface area contributed by atoms with Crippen LogP contribution in [0.4, 0.5) is 27.5 Å². The fraction of sp³-hybridized carbons (Fsp3) is 0.136. The third kappa shape index (κ3) is 3.85. The van der Waals surface area contributed by atoms with Crippen molar-refractivity contribution < 1.29 is 18.3 Å². The molecule has 5 rings (SSSR count). The summed E-state index contributed by atoms with van der Waals surface area (Å²) in [5.74, 6) is 1.77. The Kier molecular flexibility index (Phi) is 4.83. The van der Waals surface area contributed by atoms with Gasteiger partial charge < -0.3 is 24.1 Å². The third-order valence-electron chi connectivity index (χ3n) is 4.79. The summed E-state index contributed by atoms with van der Waals surface area (Å²) < 4.78 is 31.1. The molecule has 2 aromatic carbocycles. The van der Waals surface area contributed by atoms with Crippen LogP contribution in [0.5, 0.6) is 11.5 Å². The predicted octanol–water partition coefficient (Wildman–Crippen LogP) is 4.55. The molecule has 3 heterocycles. The fourth-order valence-electron chi connectivity index (χ4n) is 3.25. The lowest BCUT2D eigenvalue weighted by atomic mass is 10.1. The van der Waals surface area contributed by atoms with Gasteiger partial charge in [0, 0.05) is 30.1 Å². The van der Waals surface area contributed by atoms with Gasteiger partial charge in [0.2, 0.25) is 5.95 Å². The molecule has 8 nitrogen and oxygen atoms in total. The Labute approximate surface area is 177 Å². The lowest BCUT2D eigenvalue weighted by Crippen LogP contribution is -2.17. The summed E-state index contributed by atoms with van der Waals surface area (Å²) in [5, 5.41) is 3.11. The molecule has 0 saturated carbocycles. The molecular weight excluding hydrogens is 401 g/mol. The van der Waals surface area contributed by atoms with E-state index in [0.717, 1.165) is 17.4 Å². The molecule has 156 valence electrons. The second-order valence-electron chi connectivity index (χ2n) is 6.82. The number of nitrogens with one attached hydrogen (secondary N) is 1. The molecule has 0 atom stereocenters. The minimum absolute atomic E-state index is 0.126. The quantitative estimate of drug-likeness (QED) is 0.504. The number of anilines is 4. The SMILES string of the molecule is CN(c1ccc2c(c1)OCCO2)c1nc(Nc2cccc(-c3cnco3)c2)ncc1F. The summed E-state index contributed by atoms with van der Waals surface area (Å²) in [4.78, 5) is 14.0. The minimum Gasteiger partial charge on any atom is -0.486 e. The number of aromatic nitrogens is 3. The van der Waals surface area contributed by atoms with Gasteiger partial charge in [-0.05, 0) is 24.3 Å². The first-order chi connectivity index (χ1) is 15.2. The van der Waals surface area contributed by atoms with Crippen molar-refractivity contribution in [1.82, 2.24) is 15.0 Å². The molecule has 0 unspecified atom stereocenters. The van der Waals surface area contributed by atoms with Gasteiger partial charge in [0.05, 0.1) is 12.4 Å². The van der Waals surface area contributed by atoms with Crippen LogP contribution in [0.15, 0.2) is 65.7 Å². The summed E-state index contributed by atoms with van der Waals surface area (Å²) in [6.45, 7) is 0.985. The molecular formula is C22H18FN5O3. The van der Waals surface area contributed by atoms with Crippen molar-refractivity contribution in [3.8, 4) is 22.8 Å². The van der Waals surface area contributed by atoms with Gasteiger partial charge in [-0.3, -0.25) is 0 Å². The molecule has 2 aromatic heterocycles. The molecule has 0 saturated heterocycles. The monoisotopic (exact) mass is 419 g/mol. The standard InChI is InChI=1S/C22H18FN5O3/c1-28(16-5-6-18-19(10-16)30-8-7-29-18)21-17(23)11-25-22(27-21)26-15-4-2-3-14(9-15)20-12-24-13-31-20/h2-6,9-13H,7-8H2,1H3,(H,25,26,27). The molecule has 0 fully saturated rings. The van der Waals surface area contributed by atoms with Crippen molar-refractivity contribution in [3.05, 3.63) is 67.1 Å². The zero-order valence-electron chi connectivity index (χ0n) is 16.6. The van der Waals surface area contributed by atoms with E-state index >= 15 is 0 Å². The van der Waals surface area contributed by atoms with Crippen molar-refractivity contribution in [3.63, 3.8) is 0 Å². The molecule has 1 aliphatic rings. The molecule has 4 aromatic rings. The van der Waals surface area contributed by atoms with E-state index in [1.54, 1.807) is 30.3 Å². The van der Waals surface area contributed by atoms with Crippen LogP contribution in [0.3, 0.4) is 0 Å². The van der Waals surface area contributed by atoms with Crippen LogP contribution in [-0.4, -0.2) is 35.2 Å². The molecule has 0 bridgehead atoms. The van der Waals surface area contributed by atoms with E-state index < -0.39 is 5.82 Å². The molecule has 0 amide bonds. The highest BCUT2D eigenvalue weighted by molar-refractivity contribution is 5.68. The number of rotatable bonds is 5. The molecule has 0 spiro atoms. The normalized spacial score (nSPS) is 12.5. The Morgan fingerprint density at radius 1 is 1.03 bits per heavy atom. The first-order valence-electron chi connectivity index (χ1n) is 9.59. The summed E-state index contributed by atoms with van der Waals surface area (Å²) in [6, 6.07) is 12.9. The molecule has 31 heavy (non-hydrogen) atoms. The van der Waals surface area contributed by atoms with Gasteiger partial charge in [-0.1, -0.05) is 12.1 Å². The number of oxazole rings is 1. The molecule has 1 aliphatic heterocycles. The van der Waals surface area contributed by atoms with Crippen molar-refractivity contribution in [2.75, 3.05) is 30.5 Å². The van der Waals surface area contributed by atoms with E-state index in [2.05, 4.69) is 20.3 Å². The Balaban J connectivity index is 1.41. The number of benzene rings is 2. The second kappa shape index (κ2) is 7.94. The van der Waals surface area contributed by atoms with Crippen LogP contribution < -0.4 is 19.7 Å². The first-order valence-corrected chi connectivity index (χ1v) is 9.59. The van der Waals surface area contributed by atoms with Crippen LogP contribution >= 0.6 is 0 Å². The largest absolute Gasteiger partial charge is 0.486 e. The van der Waals surface area contributed by atoms with Gasteiger partial charge in [-0.25, -0.2) is 14.4 Å². The highest BCUT2D eigenvalue weighted by atomic mass is 19.1. The van der Waals surface area contributed by atoms with Crippen LogP contribution in [0.2, 0.25) is 0 Å². The van der Waals surface area contributed by atoms with Crippen LogP contribution in [0.1, 0.15) is 0 Å². The van der Waals surface area contributed by atoms with Crippen molar-refractivity contribution >= 4 is 23.1 Å². The molecule has 1 N–H and O–H groups in total. The van der Waals surface area contributed by atoms with E-state index in [-0.39, 0.29) is 11.8 Å². The zero-order valence-corrected chi connectivity index (χ0v) is 16.6. The third-order valence-corrected chi connectivity index (χ3v) is 4.79. The topological polar surface area (TPSA) is 85.5 Å². The highest BCUT2D eigenvalue weighted by Gasteiger charge is 2.18. The van der Waals surface area contributed by atoms with E-state index in [1.165, 1.54) is 6.39 Å². The number of hydrogen-bond acceptors (Lipinski definition) is 8. The van der Waals surface area contributed by atoms with Gasteiger partial charge in [0.25, 0.3) is 0 Å². The lowest BCUT2D eigenvalue weighted by molar-refractivity contribution is 0.171. The lowest BCUT2D eigenvalue weighted by Gasteiger charge is -2.23. The second-order valence-corrected chi connectivity index (χ2v) is 6.82. The smallest absolute Gasteiger partial charge is 0.229 e. The van der Waals surface area contributed by atoms with Gasteiger partial charge in [-0.15, -0.1) is 0 Å². The van der Waals surface area contributed by atoms with Gasteiger partial charge >= 0.3 is 0 Å². The Hall–Kier alpha value is -4.14. The van der Waals surface area contributed by atoms with Gasteiger partial charge in [0.15, 0.2) is 35.3 Å². The Morgan fingerprint density at radius 2 is 1.90 bits per heavy atom.